The normalized spacial score (nSPS) is 27.1. The van der Waals surface area contributed by atoms with Gasteiger partial charge >= 0.3 is 5.97 Å². The number of carbonyl (C=O) groups excluding carboxylic acids is 1. The van der Waals surface area contributed by atoms with E-state index in [9.17, 15) is 13.2 Å². The van der Waals surface area contributed by atoms with Gasteiger partial charge in [0.2, 0.25) is 10.0 Å². The van der Waals surface area contributed by atoms with Crippen molar-refractivity contribution in [1.29, 1.82) is 0 Å². The van der Waals surface area contributed by atoms with E-state index in [-0.39, 0.29) is 29.2 Å². The van der Waals surface area contributed by atoms with Crippen LogP contribution in [0, 0.1) is 18.8 Å². The number of cyclic esters (lactones) is 1. The number of ether oxygens (including phenoxy) is 1. The molecule has 2 fully saturated rings. The van der Waals surface area contributed by atoms with Crippen molar-refractivity contribution in [2.45, 2.75) is 18.2 Å². The first-order valence-electron chi connectivity index (χ1n) is 6.72. The fourth-order valence-corrected chi connectivity index (χ4v) is 4.29. The van der Waals surface area contributed by atoms with Crippen molar-refractivity contribution in [2.24, 2.45) is 11.8 Å². The summed E-state index contributed by atoms with van der Waals surface area (Å²) in [6.07, 6.45) is 0.682. The van der Waals surface area contributed by atoms with Gasteiger partial charge in [-0.3, -0.25) is 4.79 Å². The van der Waals surface area contributed by atoms with Gasteiger partial charge in [-0.15, -0.1) is 0 Å². The lowest BCUT2D eigenvalue weighted by atomic mass is 9.89. The zero-order valence-electron chi connectivity index (χ0n) is 11.3. The summed E-state index contributed by atoms with van der Waals surface area (Å²) in [5, 5.41) is 0. The van der Waals surface area contributed by atoms with Gasteiger partial charge in [0.05, 0.1) is 17.4 Å². The topological polar surface area (TPSA) is 63.7 Å². The predicted octanol–water partition coefficient (Wildman–Crippen LogP) is 1.18. The Hall–Kier alpha value is -1.40. The molecule has 108 valence electrons. The Balaban J connectivity index is 1.85. The Kier molecular flexibility index (Phi) is 3.30. The molecule has 0 spiro atoms. The predicted molar refractivity (Wildman–Crippen MR) is 72.5 cm³/mol. The van der Waals surface area contributed by atoms with Crippen LogP contribution in [0.5, 0.6) is 0 Å². The van der Waals surface area contributed by atoms with E-state index in [1.807, 2.05) is 6.92 Å². The largest absolute Gasteiger partial charge is 0.465 e. The van der Waals surface area contributed by atoms with Crippen LogP contribution in [0.4, 0.5) is 0 Å². The standard InChI is InChI=1S/C14H17NO4S/c1-10-2-4-12(5-3-10)20(17,18)15-7-6-11-9-19-14(16)13(11)8-15/h2-5,11,13H,6-9H2,1H3/t11-,13-/m1/s1. The summed E-state index contributed by atoms with van der Waals surface area (Å²) in [5.41, 5.74) is 1.02. The number of carbonyl (C=O) groups is 1. The van der Waals surface area contributed by atoms with Gasteiger partial charge in [-0.25, -0.2) is 8.42 Å². The molecule has 20 heavy (non-hydrogen) atoms. The quantitative estimate of drug-likeness (QED) is 0.769. The van der Waals surface area contributed by atoms with E-state index < -0.39 is 10.0 Å². The van der Waals surface area contributed by atoms with Crippen LogP contribution in [-0.2, 0) is 19.6 Å². The van der Waals surface area contributed by atoms with Gasteiger partial charge in [0.15, 0.2) is 0 Å². The minimum Gasteiger partial charge on any atom is -0.465 e. The van der Waals surface area contributed by atoms with E-state index >= 15 is 0 Å². The first kappa shape index (κ1) is 13.6. The fourth-order valence-electron chi connectivity index (χ4n) is 2.81. The number of sulfonamides is 1. The zero-order chi connectivity index (χ0) is 14.3. The second-order valence-corrected chi connectivity index (χ2v) is 7.40. The number of fused-ring (bicyclic) bond motifs is 1. The summed E-state index contributed by atoms with van der Waals surface area (Å²) in [6, 6.07) is 6.79. The highest BCUT2D eigenvalue weighted by atomic mass is 32.2. The summed E-state index contributed by atoms with van der Waals surface area (Å²) in [4.78, 5) is 11.9. The Morgan fingerprint density at radius 3 is 2.65 bits per heavy atom. The van der Waals surface area contributed by atoms with Crippen molar-refractivity contribution in [3.05, 3.63) is 29.8 Å². The number of rotatable bonds is 2. The fraction of sp³-hybridized carbons (Fsp3) is 0.500. The summed E-state index contributed by atoms with van der Waals surface area (Å²) >= 11 is 0. The second-order valence-electron chi connectivity index (χ2n) is 5.46. The highest BCUT2D eigenvalue weighted by molar-refractivity contribution is 7.89. The van der Waals surface area contributed by atoms with Crippen LogP contribution in [0.3, 0.4) is 0 Å². The molecule has 2 aliphatic heterocycles. The van der Waals surface area contributed by atoms with Crippen LogP contribution in [0.25, 0.3) is 0 Å². The van der Waals surface area contributed by atoms with Crippen molar-refractivity contribution >= 4 is 16.0 Å². The molecule has 6 heteroatoms. The van der Waals surface area contributed by atoms with Crippen LogP contribution in [0.15, 0.2) is 29.2 Å². The van der Waals surface area contributed by atoms with Crippen molar-refractivity contribution < 1.29 is 17.9 Å². The molecule has 2 heterocycles. The van der Waals surface area contributed by atoms with Gasteiger partial charge in [0.1, 0.15) is 0 Å². The molecule has 2 atom stereocenters. The number of hydrogen-bond donors (Lipinski definition) is 0. The molecule has 0 radical (unpaired) electrons. The van der Waals surface area contributed by atoms with Crippen LogP contribution >= 0.6 is 0 Å². The Morgan fingerprint density at radius 2 is 1.95 bits per heavy atom. The molecule has 0 unspecified atom stereocenters. The van der Waals surface area contributed by atoms with Crippen LogP contribution in [-0.4, -0.2) is 38.4 Å². The second kappa shape index (κ2) is 4.86. The van der Waals surface area contributed by atoms with Crippen LogP contribution in [0.1, 0.15) is 12.0 Å². The zero-order valence-corrected chi connectivity index (χ0v) is 12.1. The summed E-state index contributed by atoms with van der Waals surface area (Å²) in [5.74, 6) is -0.394. The average molecular weight is 295 g/mol. The maximum Gasteiger partial charge on any atom is 0.310 e. The molecule has 3 rings (SSSR count). The van der Waals surface area contributed by atoms with Gasteiger partial charge < -0.3 is 4.74 Å². The number of piperidine rings is 1. The number of nitrogens with zero attached hydrogens (tertiary/aromatic N) is 1. The van der Waals surface area contributed by atoms with Gasteiger partial charge in [-0.05, 0) is 25.5 Å². The Labute approximate surface area is 118 Å². The van der Waals surface area contributed by atoms with Crippen molar-refractivity contribution in [3.8, 4) is 0 Å². The first-order valence-corrected chi connectivity index (χ1v) is 8.16. The molecule has 0 aromatic heterocycles. The minimum absolute atomic E-state index is 0.173. The molecule has 2 aliphatic rings. The molecular formula is C14H17NO4S. The Morgan fingerprint density at radius 1 is 1.25 bits per heavy atom. The lowest BCUT2D eigenvalue weighted by Gasteiger charge is -2.31. The van der Waals surface area contributed by atoms with Gasteiger partial charge in [0, 0.05) is 19.0 Å². The number of hydrogen-bond acceptors (Lipinski definition) is 4. The van der Waals surface area contributed by atoms with E-state index in [0.717, 1.165) is 5.56 Å². The minimum atomic E-state index is -3.52. The van der Waals surface area contributed by atoms with E-state index in [1.54, 1.807) is 24.3 Å². The molecule has 5 nitrogen and oxygen atoms in total. The van der Waals surface area contributed by atoms with Crippen LogP contribution < -0.4 is 0 Å². The monoisotopic (exact) mass is 295 g/mol. The van der Waals surface area contributed by atoms with Gasteiger partial charge in [0.25, 0.3) is 0 Å². The molecule has 2 saturated heterocycles. The van der Waals surface area contributed by atoms with Crippen molar-refractivity contribution in [2.75, 3.05) is 19.7 Å². The molecule has 1 aromatic carbocycles. The molecule has 0 aliphatic carbocycles. The highest BCUT2D eigenvalue weighted by Gasteiger charge is 2.44. The smallest absolute Gasteiger partial charge is 0.310 e. The average Bonchev–Trinajstić information content (AvgIpc) is 2.80. The van der Waals surface area contributed by atoms with Crippen molar-refractivity contribution in [3.63, 3.8) is 0 Å². The third-order valence-electron chi connectivity index (χ3n) is 4.12. The highest BCUT2D eigenvalue weighted by Crippen LogP contribution is 2.32. The van der Waals surface area contributed by atoms with Crippen LogP contribution in [0.2, 0.25) is 0 Å². The maximum absolute atomic E-state index is 12.6. The van der Waals surface area contributed by atoms with Gasteiger partial charge in [-0.2, -0.15) is 4.31 Å². The molecule has 0 amide bonds. The van der Waals surface area contributed by atoms with E-state index in [0.29, 0.717) is 19.6 Å². The number of benzene rings is 1. The molecular weight excluding hydrogens is 278 g/mol. The molecule has 0 bridgehead atoms. The lowest BCUT2D eigenvalue weighted by Crippen LogP contribution is -2.44. The van der Waals surface area contributed by atoms with Gasteiger partial charge in [-0.1, -0.05) is 17.7 Å². The molecule has 1 aromatic rings. The van der Waals surface area contributed by atoms with E-state index in [4.69, 9.17) is 4.74 Å². The van der Waals surface area contributed by atoms with E-state index in [2.05, 4.69) is 0 Å². The third kappa shape index (κ3) is 2.23. The summed E-state index contributed by atoms with van der Waals surface area (Å²) in [6.45, 7) is 3.03. The molecule has 0 N–H and O–H groups in total. The maximum atomic E-state index is 12.6. The van der Waals surface area contributed by atoms with Crippen molar-refractivity contribution in [1.82, 2.24) is 4.31 Å². The molecule has 0 saturated carbocycles. The Bertz CT molecular complexity index is 623. The summed E-state index contributed by atoms with van der Waals surface area (Å²) < 4.78 is 31.6. The summed E-state index contributed by atoms with van der Waals surface area (Å²) in [7, 11) is -3.52. The number of esters is 1. The van der Waals surface area contributed by atoms with E-state index in [1.165, 1.54) is 4.31 Å². The SMILES string of the molecule is Cc1ccc(S(=O)(=O)N2CC[C@@H]3COC(=O)[C@@H]3C2)cc1. The third-order valence-corrected chi connectivity index (χ3v) is 6.00. The lowest BCUT2D eigenvalue weighted by molar-refractivity contribution is -0.141. The first-order chi connectivity index (χ1) is 9.48. The number of aryl methyl sites for hydroxylation is 1.